The minimum atomic E-state index is -0.933. The van der Waals surface area contributed by atoms with E-state index < -0.39 is 17.7 Å². The van der Waals surface area contributed by atoms with Crippen molar-refractivity contribution in [3.63, 3.8) is 0 Å². The molecular formula is C26H23BrCl2N4O6. The van der Waals surface area contributed by atoms with Gasteiger partial charge in [-0.05, 0) is 69.5 Å². The van der Waals surface area contributed by atoms with Crippen LogP contribution in [0.3, 0.4) is 0 Å². The number of hydrazone groups is 1. The fourth-order valence-corrected chi connectivity index (χ4v) is 4.24. The number of carbonyl (C=O) groups excluding carboxylic acids is 3. The highest BCUT2D eigenvalue weighted by Crippen LogP contribution is 2.36. The number of benzene rings is 3. The Labute approximate surface area is 242 Å². The second kappa shape index (κ2) is 14.4. The van der Waals surface area contributed by atoms with E-state index in [9.17, 15) is 14.4 Å². The fourth-order valence-electron chi connectivity index (χ4n) is 3.14. The molecule has 3 amide bonds. The molecule has 3 aromatic rings. The molecule has 0 aliphatic rings. The number of nitrogens with zero attached hydrogens (tertiary/aromatic N) is 1. The average molecular weight is 638 g/mol. The first-order valence-electron chi connectivity index (χ1n) is 11.2. The molecule has 0 saturated carbocycles. The van der Waals surface area contributed by atoms with Crippen LogP contribution >= 0.6 is 39.1 Å². The Morgan fingerprint density at radius 1 is 0.949 bits per heavy atom. The van der Waals surface area contributed by atoms with Crippen LogP contribution in [0.1, 0.15) is 11.1 Å². The van der Waals surface area contributed by atoms with Crippen molar-refractivity contribution < 1.29 is 28.6 Å². The summed E-state index contributed by atoms with van der Waals surface area (Å²) < 4.78 is 16.5. The maximum Gasteiger partial charge on any atom is 0.329 e. The quantitative estimate of drug-likeness (QED) is 0.170. The Bertz CT molecular complexity index is 1370. The zero-order chi connectivity index (χ0) is 28.4. The summed E-state index contributed by atoms with van der Waals surface area (Å²) in [5.74, 6) is -0.962. The number of hydrogen-bond acceptors (Lipinski definition) is 7. The number of anilines is 1. The number of rotatable bonds is 10. The summed E-state index contributed by atoms with van der Waals surface area (Å²) >= 11 is 15.3. The van der Waals surface area contributed by atoms with Crippen molar-refractivity contribution in [2.24, 2.45) is 5.10 Å². The van der Waals surface area contributed by atoms with Gasteiger partial charge in [0, 0.05) is 22.3 Å². The summed E-state index contributed by atoms with van der Waals surface area (Å²) in [6.45, 7) is -0.162. The third-order valence-electron chi connectivity index (χ3n) is 4.94. The zero-order valence-corrected chi connectivity index (χ0v) is 23.8. The van der Waals surface area contributed by atoms with E-state index in [0.717, 1.165) is 5.56 Å². The molecule has 204 valence electrons. The van der Waals surface area contributed by atoms with Crippen LogP contribution in [0.5, 0.6) is 17.2 Å². The van der Waals surface area contributed by atoms with Gasteiger partial charge in [0.2, 0.25) is 0 Å². The molecule has 0 unspecified atom stereocenters. The molecule has 3 rings (SSSR count). The van der Waals surface area contributed by atoms with Crippen molar-refractivity contribution in [1.82, 2.24) is 10.7 Å². The van der Waals surface area contributed by atoms with Gasteiger partial charge in [-0.2, -0.15) is 5.10 Å². The highest BCUT2D eigenvalue weighted by molar-refractivity contribution is 9.10. The van der Waals surface area contributed by atoms with Gasteiger partial charge in [0.05, 0.1) is 24.9 Å². The lowest BCUT2D eigenvalue weighted by molar-refractivity contribution is -0.139. The molecule has 0 heterocycles. The minimum absolute atomic E-state index is 0.163. The standard InChI is InChI=1S/C26H23BrCl2N4O6/c1-37-20-5-3-15(4-6-20)12-30-25(35)26(36)33-31-13-16-7-21(27)24(22(8-16)38-2)39-14-23(34)32-19-10-17(28)9-18(29)11-19/h3-11,13H,12,14H2,1-2H3,(H,30,35)(H,32,34)(H,33,36)/b31-13-. The summed E-state index contributed by atoms with van der Waals surface area (Å²) in [5, 5.41) is 9.73. The van der Waals surface area contributed by atoms with Crippen molar-refractivity contribution >= 4 is 68.8 Å². The van der Waals surface area contributed by atoms with E-state index >= 15 is 0 Å². The van der Waals surface area contributed by atoms with Crippen LogP contribution in [0.2, 0.25) is 10.0 Å². The van der Waals surface area contributed by atoms with Gasteiger partial charge in [0.1, 0.15) is 5.75 Å². The van der Waals surface area contributed by atoms with E-state index in [-0.39, 0.29) is 18.9 Å². The molecule has 0 spiro atoms. The largest absolute Gasteiger partial charge is 0.497 e. The Morgan fingerprint density at radius 3 is 2.28 bits per heavy atom. The number of amides is 3. The van der Waals surface area contributed by atoms with Gasteiger partial charge in [0.15, 0.2) is 18.1 Å². The van der Waals surface area contributed by atoms with E-state index in [1.807, 2.05) is 0 Å². The van der Waals surface area contributed by atoms with Gasteiger partial charge in [-0.25, -0.2) is 5.43 Å². The van der Waals surface area contributed by atoms with E-state index in [2.05, 4.69) is 37.1 Å². The maximum atomic E-state index is 12.3. The summed E-state index contributed by atoms with van der Waals surface area (Å²) in [6.07, 6.45) is 1.32. The van der Waals surface area contributed by atoms with Crippen molar-refractivity contribution in [1.29, 1.82) is 0 Å². The molecule has 0 aliphatic carbocycles. The lowest BCUT2D eigenvalue weighted by Crippen LogP contribution is -2.37. The second-order valence-corrected chi connectivity index (χ2v) is 9.49. The molecule has 13 heteroatoms. The Balaban J connectivity index is 1.54. The van der Waals surface area contributed by atoms with Crippen molar-refractivity contribution in [3.8, 4) is 17.2 Å². The topological polar surface area (TPSA) is 127 Å². The lowest BCUT2D eigenvalue weighted by Gasteiger charge is -2.13. The highest BCUT2D eigenvalue weighted by Gasteiger charge is 2.15. The molecule has 0 aromatic heterocycles. The molecule has 3 N–H and O–H groups in total. The van der Waals surface area contributed by atoms with E-state index in [4.69, 9.17) is 37.4 Å². The molecule has 0 fully saturated rings. The van der Waals surface area contributed by atoms with Crippen LogP contribution in [-0.2, 0) is 20.9 Å². The van der Waals surface area contributed by atoms with Gasteiger partial charge >= 0.3 is 11.8 Å². The van der Waals surface area contributed by atoms with Gasteiger partial charge in [-0.1, -0.05) is 35.3 Å². The number of methoxy groups -OCH3 is 2. The molecule has 39 heavy (non-hydrogen) atoms. The van der Waals surface area contributed by atoms with E-state index in [0.29, 0.717) is 37.3 Å². The van der Waals surface area contributed by atoms with Crippen LogP contribution in [-0.4, -0.2) is 44.8 Å². The van der Waals surface area contributed by atoms with Gasteiger partial charge < -0.3 is 24.8 Å². The smallest absolute Gasteiger partial charge is 0.329 e. The molecule has 0 saturated heterocycles. The van der Waals surface area contributed by atoms with Gasteiger partial charge in [-0.15, -0.1) is 0 Å². The summed E-state index contributed by atoms with van der Waals surface area (Å²) in [5.41, 5.74) is 3.91. The number of hydrogen-bond donors (Lipinski definition) is 3. The van der Waals surface area contributed by atoms with E-state index in [1.54, 1.807) is 61.7 Å². The van der Waals surface area contributed by atoms with E-state index in [1.165, 1.54) is 13.3 Å². The molecule has 0 radical (unpaired) electrons. The second-order valence-electron chi connectivity index (χ2n) is 7.76. The van der Waals surface area contributed by atoms with Crippen LogP contribution in [0, 0.1) is 0 Å². The van der Waals surface area contributed by atoms with Gasteiger partial charge in [0.25, 0.3) is 5.91 Å². The summed E-state index contributed by atoms with van der Waals surface area (Å²) in [7, 11) is 2.99. The molecule has 10 nitrogen and oxygen atoms in total. The summed E-state index contributed by atoms with van der Waals surface area (Å²) in [6, 6.07) is 14.9. The van der Waals surface area contributed by atoms with Crippen molar-refractivity contribution in [2.45, 2.75) is 6.54 Å². The monoisotopic (exact) mass is 636 g/mol. The van der Waals surface area contributed by atoms with Crippen LogP contribution < -0.4 is 30.3 Å². The average Bonchev–Trinajstić information content (AvgIpc) is 2.90. The number of nitrogens with one attached hydrogen (secondary N) is 3. The van der Waals surface area contributed by atoms with Crippen LogP contribution in [0.4, 0.5) is 5.69 Å². The first-order valence-corrected chi connectivity index (χ1v) is 12.7. The summed E-state index contributed by atoms with van der Waals surface area (Å²) in [4.78, 5) is 36.4. The third kappa shape index (κ3) is 9.17. The first kappa shape index (κ1) is 29.8. The number of ether oxygens (including phenoxy) is 3. The lowest BCUT2D eigenvalue weighted by atomic mass is 10.2. The van der Waals surface area contributed by atoms with Crippen LogP contribution in [0.25, 0.3) is 0 Å². The van der Waals surface area contributed by atoms with Crippen molar-refractivity contribution in [3.05, 3.63) is 80.2 Å². The SMILES string of the molecule is COc1ccc(CNC(=O)C(=O)N/N=C\c2cc(Br)c(OCC(=O)Nc3cc(Cl)cc(Cl)c3)c(OC)c2)cc1. The minimum Gasteiger partial charge on any atom is -0.497 e. The Morgan fingerprint density at radius 2 is 1.64 bits per heavy atom. The molecule has 0 aliphatic heterocycles. The maximum absolute atomic E-state index is 12.3. The molecule has 0 bridgehead atoms. The molecule has 3 aromatic carbocycles. The normalized spacial score (nSPS) is 10.6. The number of halogens is 3. The Kier molecular flexibility index (Phi) is 11.0. The zero-order valence-electron chi connectivity index (χ0n) is 20.7. The van der Waals surface area contributed by atoms with Crippen LogP contribution in [0.15, 0.2) is 64.2 Å². The third-order valence-corrected chi connectivity index (χ3v) is 5.97. The fraction of sp³-hybridized carbons (Fsp3) is 0.154. The Hall–Kier alpha value is -3.80. The predicted molar refractivity (Wildman–Crippen MR) is 152 cm³/mol. The molecule has 0 atom stereocenters. The predicted octanol–water partition coefficient (Wildman–Crippen LogP) is 4.56. The van der Waals surface area contributed by atoms with Gasteiger partial charge in [-0.3, -0.25) is 14.4 Å². The highest BCUT2D eigenvalue weighted by atomic mass is 79.9. The molecular weight excluding hydrogens is 615 g/mol. The number of carbonyl (C=O) groups is 3. The van der Waals surface area contributed by atoms with Crippen molar-refractivity contribution in [2.75, 3.05) is 26.1 Å². The first-order chi connectivity index (χ1) is 18.7.